The number of benzene rings is 1. The van der Waals surface area contributed by atoms with E-state index in [0.717, 1.165) is 22.9 Å². The van der Waals surface area contributed by atoms with E-state index < -0.39 is 5.97 Å². The second-order valence-corrected chi connectivity index (χ2v) is 6.73. The first-order valence-electron chi connectivity index (χ1n) is 7.33. The van der Waals surface area contributed by atoms with Gasteiger partial charge < -0.3 is 10.0 Å². The number of hydrogen-bond donors (Lipinski definition) is 1. The van der Waals surface area contributed by atoms with Crippen LogP contribution in [0.5, 0.6) is 0 Å². The molecule has 0 atom stereocenters. The molecule has 0 saturated heterocycles. The van der Waals surface area contributed by atoms with E-state index in [4.69, 9.17) is 0 Å². The first-order valence-corrected chi connectivity index (χ1v) is 8.32. The van der Waals surface area contributed by atoms with Crippen molar-refractivity contribution in [1.82, 2.24) is 0 Å². The summed E-state index contributed by atoms with van der Waals surface area (Å²) >= 11 is 1.60. The normalized spacial score (nSPS) is 15.5. The van der Waals surface area contributed by atoms with Crippen molar-refractivity contribution in [2.24, 2.45) is 5.92 Å². The van der Waals surface area contributed by atoms with Gasteiger partial charge in [-0.25, -0.2) is 4.79 Å². The zero-order valence-corrected chi connectivity index (χ0v) is 13.1. The molecule has 1 aliphatic carbocycles. The van der Waals surface area contributed by atoms with Crippen LogP contribution in [0.3, 0.4) is 0 Å². The molecule has 1 fully saturated rings. The Morgan fingerprint density at radius 2 is 2.10 bits per heavy atom. The van der Waals surface area contributed by atoms with Gasteiger partial charge in [-0.1, -0.05) is 25.8 Å². The fourth-order valence-corrected chi connectivity index (χ4v) is 3.83. The number of rotatable bonds is 6. The Morgan fingerprint density at radius 1 is 1.40 bits per heavy atom. The van der Waals surface area contributed by atoms with Crippen LogP contribution in [0.4, 0.5) is 5.69 Å². The van der Waals surface area contributed by atoms with Crippen molar-refractivity contribution in [3.8, 4) is 0 Å². The highest BCUT2D eigenvalue weighted by Crippen LogP contribution is 2.32. The second-order valence-electron chi connectivity index (χ2n) is 5.42. The predicted molar refractivity (Wildman–Crippen MR) is 85.0 cm³/mol. The van der Waals surface area contributed by atoms with Crippen molar-refractivity contribution in [2.75, 3.05) is 24.2 Å². The average molecular weight is 293 g/mol. The maximum Gasteiger partial charge on any atom is 0.338 e. The van der Waals surface area contributed by atoms with Crippen LogP contribution in [-0.4, -0.2) is 30.4 Å². The number of carbonyl (C=O) groups is 1. The summed E-state index contributed by atoms with van der Waals surface area (Å²) in [5.74, 6) is 0.773. The van der Waals surface area contributed by atoms with Gasteiger partial charge in [-0.05, 0) is 36.6 Å². The number of thioether (sulfide) groups is 1. The van der Waals surface area contributed by atoms with Crippen LogP contribution in [0, 0.1) is 5.92 Å². The summed E-state index contributed by atoms with van der Waals surface area (Å²) in [5.41, 5.74) is 1.31. The summed E-state index contributed by atoms with van der Waals surface area (Å²) in [6, 6.07) is 5.80. The Labute approximate surface area is 125 Å². The monoisotopic (exact) mass is 293 g/mol. The molecule has 110 valence electrons. The van der Waals surface area contributed by atoms with Gasteiger partial charge in [-0.3, -0.25) is 0 Å². The van der Waals surface area contributed by atoms with Gasteiger partial charge >= 0.3 is 5.97 Å². The average Bonchev–Trinajstić information content (AvgIpc) is 2.91. The molecule has 0 unspecified atom stereocenters. The third kappa shape index (κ3) is 3.48. The minimum absolute atomic E-state index is 0.458. The lowest BCUT2D eigenvalue weighted by molar-refractivity contribution is 0.0694. The molecular formula is C16H23NO2S. The van der Waals surface area contributed by atoms with Gasteiger partial charge in [0, 0.05) is 18.5 Å². The van der Waals surface area contributed by atoms with Crippen LogP contribution in [0.15, 0.2) is 23.1 Å². The fourth-order valence-electron chi connectivity index (χ4n) is 3.01. The van der Waals surface area contributed by atoms with Crippen LogP contribution >= 0.6 is 11.8 Å². The molecule has 0 aliphatic heterocycles. The molecule has 4 heteroatoms. The molecule has 1 saturated carbocycles. The van der Waals surface area contributed by atoms with Crippen LogP contribution < -0.4 is 4.90 Å². The summed E-state index contributed by atoms with van der Waals surface area (Å²) in [4.78, 5) is 14.6. The van der Waals surface area contributed by atoms with Gasteiger partial charge in [0.1, 0.15) is 0 Å². The summed E-state index contributed by atoms with van der Waals surface area (Å²) in [7, 11) is 2.01. The summed E-state index contributed by atoms with van der Waals surface area (Å²) in [6.07, 6.45) is 5.18. The van der Waals surface area contributed by atoms with Crippen LogP contribution in [0.25, 0.3) is 0 Å². The molecule has 0 bridgehead atoms. The highest BCUT2D eigenvalue weighted by Gasteiger charge is 2.21. The highest BCUT2D eigenvalue weighted by atomic mass is 32.2. The topological polar surface area (TPSA) is 40.5 Å². The molecule has 2 rings (SSSR count). The maximum absolute atomic E-state index is 11.6. The number of nitrogens with zero attached hydrogens (tertiary/aromatic N) is 1. The van der Waals surface area contributed by atoms with Crippen LogP contribution in [0.2, 0.25) is 0 Å². The lowest BCUT2D eigenvalue weighted by Gasteiger charge is -2.25. The molecule has 0 heterocycles. The molecule has 0 spiro atoms. The molecule has 1 N–H and O–H groups in total. The van der Waals surface area contributed by atoms with Gasteiger partial charge in [-0.2, -0.15) is 0 Å². The Bertz CT molecular complexity index is 470. The van der Waals surface area contributed by atoms with E-state index in [1.54, 1.807) is 11.8 Å². The largest absolute Gasteiger partial charge is 0.478 e. The van der Waals surface area contributed by atoms with Crippen LogP contribution in [-0.2, 0) is 0 Å². The Hall–Kier alpha value is -1.16. The lowest BCUT2D eigenvalue weighted by Crippen LogP contribution is -2.26. The molecule has 1 aromatic rings. The Morgan fingerprint density at radius 3 is 2.70 bits per heavy atom. The lowest BCUT2D eigenvalue weighted by atomic mass is 10.1. The Kier molecular flexibility index (Phi) is 5.35. The van der Waals surface area contributed by atoms with E-state index in [1.807, 2.05) is 32.2 Å². The van der Waals surface area contributed by atoms with E-state index in [9.17, 15) is 9.90 Å². The van der Waals surface area contributed by atoms with E-state index in [-0.39, 0.29) is 0 Å². The number of hydrogen-bond acceptors (Lipinski definition) is 3. The zero-order valence-electron chi connectivity index (χ0n) is 12.3. The van der Waals surface area contributed by atoms with Crippen LogP contribution in [0.1, 0.15) is 43.0 Å². The molecular weight excluding hydrogens is 270 g/mol. The second kappa shape index (κ2) is 7.02. The SMILES string of the molecule is CCSc1cccc(N(C)CC2CCCC2)c1C(=O)O. The number of aromatic carboxylic acids is 1. The number of carboxylic acids is 1. The minimum atomic E-state index is -0.824. The number of carboxylic acid groups (broad SMARTS) is 1. The predicted octanol–water partition coefficient (Wildman–Crippen LogP) is 4.12. The van der Waals surface area contributed by atoms with Gasteiger partial charge in [-0.15, -0.1) is 11.8 Å². The third-order valence-corrected chi connectivity index (χ3v) is 4.88. The maximum atomic E-state index is 11.6. The quantitative estimate of drug-likeness (QED) is 0.801. The summed E-state index contributed by atoms with van der Waals surface area (Å²) in [6.45, 7) is 3.01. The van der Waals surface area contributed by atoms with Crippen molar-refractivity contribution >= 4 is 23.4 Å². The standard InChI is InChI=1S/C16H23NO2S/c1-3-20-14-10-6-9-13(15(14)16(18)19)17(2)11-12-7-4-5-8-12/h6,9-10,12H,3-5,7-8,11H2,1-2H3,(H,18,19). The third-order valence-electron chi connectivity index (χ3n) is 3.94. The molecule has 1 aromatic carbocycles. The number of anilines is 1. The van der Waals surface area contributed by atoms with Crippen molar-refractivity contribution in [2.45, 2.75) is 37.5 Å². The first-order chi connectivity index (χ1) is 9.63. The molecule has 0 amide bonds. The molecule has 0 radical (unpaired) electrons. The smallest absolute Gasteiger partial charge is 0.338 e. The van der Waals surface area contributed by atoms with Gasteiger partial charge in [0.25, 0.3) is 0 Å². The van der Waals surface area contributed by atoms with Gasteiger partial charge in [0.05, 0.1) is 11.3 Å². The first kappa shape index (κ1) is 15.2. The van der Waals surface area contributed by atoms with Gasteiger partial charge in [0.15, 0.2) is 0 Å². The summed E-state index contributed by atoms with van der Waals surface area (Å²) < 4.78 is 0. The Balaban J connectivity index is 2.24. The van der Waals surface area contributed by atoms with Crippen molar-refractivity contribution in [3.05, 3.63) is 23.8 Å². The van der Waals surface area contributed by atoms with E-state index in [1.165, 1.54) is 25.7 Å². The summed E-state index contributed by atoms with van der Waals surface area (Å²) in [5, 5.41) is 9.54. The van der Waals surface area contributed by atoms with E-state index in [2.05, 4.69) is 4.90 Å². The van der Waals surface area contributed by atoms with E-state index >= 15 is 0 Å². The van der Waals surface area contributed by atoms with Crippen molar-refractivity contribution < 1.29 is 9.90 Å². The molecule has 20 heavy (non-hydrogen) atoms. The fraction of sp³-hybridized carbons (Fsp3) is 0.562. The van der Waals surface area contributed by atoms with Crippen molar-refractivity contribution in [3.63, 3.8) is 0 Å². The van der Waals surface area contributed by atoms with E-state index in [0.29, 0.717) is 11.5 Å². The zero-order chi connectivity index (χ0) is 14.5. The molecule has 1 aliphatic rings. The highest BCUT2D eigenvalue weighted by molar-refractivity contribution is 7.99. The molecule has 0 aromatic heterocycles. The molecule has 3 nitrogen and oxygen atoms in total. The minimum Gasteiger partial charge on any atom is -0.478 e. The van der Waals surface area contributed by atoms with Gasteiger partial charge in [0.2, 0.25) is 0 Å². The van der Waals surface area contributed by atoms with Crippen molar-refractivity contribution in [1.29, 1.82) is 0 Å².